The van der Waals surface area contributed by atoms with Crippen LogP contribution >= 0.6 is 0 Å². The van der Waals surface area contributed by atoms with E-state index in [2.05, 4.69) is 0 Å². The molecule has 2 aromatic carbocycles. The van der Waals surface area contributed by atoms with Gasteiger partial charge in [-0.25, -0.2) is 8.42 Å². The van der Waals surface area contributed by atoms with Crippen molar-refractivity contribution >= 4 is 21.8 Å². The van der Waals surface area contributed by atoms with E-state index < -0.39 is 38.4 Å². The zero-order chi connectivity index (χ0) is 20.4. The summed E-state index contributed by atoms with van der Waals surface area (Å²) < 4.78 is 37.1. The third-order valence-electron chi connectivity index (χ3n) is 4.92. The molecule has 1 saturated carbocycles. The summed E-state index contributed by atoms with van der Waals surface area (Å²) in [5, 5.41) is -1.29. The van der Waals surface area contributed by atoms with E-state index in [0.29, 0.717) is 5.56 Å². The van der Waals surface area contributed by atoms with Gasteiger partial charge in [-0.15, -0.1) is 0 Å². The highest BCUT2D eigenvalue weighted by Gasteiger charge is 2.81. The summed E-state index contributed by atoms with van der Waals surface area (Å²) in [6.07, 6.45) is 0. The van der Waals surface area contributed by atoms with E-state index >= 15 is 0 Å². The first-order valence-electron chi connectivity index (χ1n) is 9.10. The molecule has 6 nitrogen and oxygen atoms in total. The van der Waals surface area contributed by atoms with Crippen molar-refractivity contribution in [2.75, 3.05) is 13.2 Å². The highest BCUT2D eigenvalue weighted by molar-refractivity contribution is 7.92. The van der Waals surface area contributed by atoms with Gasteiger partial charge in [0.25, 0.3) is 0 Å². The Bertz CT molecular complexity index is 935. The van der Waals surface area contributed by atoms with Gasteiger partial charge < -0.3 is 9.47 Å². The summed E-state index contributed by atoms with van der Waals surface area (Å²) in [6, 6.07) is 16.5. The van der Waals surface area contributed by atoms with Crippen molar-refractivity contribution in [2.24, 2.45) is 5.41 Å². The molecule has 0 aliphatic heterocycles. The lowest BCUT2D eigenvalue weighted by atomic mass is 9.99. The smallest absolute Gasteiger partial charge is 0.325 e. The molecule has 0 radical (unpaired) electrons. The molecule has 2 atom stereocenters. The van der Waals surface area contributed by atoms with Gasteiger partial charge in [0.1, 0.15) is 5.25 Å². The summed E-state index contributed by atoms with van der Waals surface area (Å²) in [6.45, 7) is 3.27. The number of rotatable bonds is 7. The fourth-order valence-electron chi connectivity index (χ4n) is 3.71. The average Bonchev–Trinajstić information content (AvgIpc) is 3.42. The summed E-state index contributed by atoms with van der Waals surface area (Å²) in [5.41, 5.74) is -1.34. The van der Waals surface area contributed by atoms with E-state index in [0.717, 1.165) is 0 Å². The third-order valence-corrected chi connectivity index (χ3v) is 7.17. The zero-order valence-corrected chi connectivity index (χ0v) is 16.5. The van der Waals surface area contributed by atoms with Crippen molar-refractivity contribution in [3.63, 3.8) is 0 Å². The minimum Gasteiger partial charge on any atom is -0.465 e. The number of sulfone groups is 1. The summed E-state index contributed by atoms with van der Waals surface area (Å²) >= 11 is 0. The van der Waals surface area contributed by atoms with Crippen molar-refractivity contribution < 1.29 is 27.5 Å². The van der Waals surface area contributed by atoms with Crippen LogP contribution < -0.4 is 0 Å². The molecule has 1 aliphatic rings. The molecule has 148 valence electrons. The number of carbonyl (C=O) groups is 2. The van der Waals surface area contributed by atoms with E-state index in [1.807, 2.05) is 0 Å². The summed E-state index contributed by atoms with van der Waals surface area (Å²) in [7, 11) is -4.00. The minimum absolute atomic E-state index is 0.0274. The van der Waals surface area contributed by atoms with E-state index in [9.17, 15) is 18.0 Å². The van der Waals surface area contributed by atoms with Crippen LogP contribution in [-0.2, 0) is 28.9 Å². The normalized spacial score (nSPS) is 20.2. The zero-order valence-electron chi connectivity index (χ0n) is 15.7. The first-order valence-corrected chi connectivity index (χ1v) is 10.6. The lowest BCUT2D eigenvalue weighted by Gasteiger charge is -2.15. The van der Waals surface area contributed by atoms with E-state index in [4.69, 9.17) is 9.47 Å². The molecule has 1 aliphatic carbocycles. The Morgan fingerprint density at radius 3 is 1.79 bits per heavy atom. The van der Waals surface area contributed by atoms with E-state index in [-0.39, 0.29) is 18.1 Å². The molecule has 0 N–H and O–H groups in total. The maximum Gasteiger partial charge on any atom is 0.325 e. The van der Waals surface area contributed by atoms with Crippen molar-refractivity contribution in [1.29, 1.82) is 0 Å². The van der Waals surface area contributed by atoms with Gasteiger partial charge in [0.05, 0.1) is 18.1 Å². The Balaban J connectivity index is 2.19. The predicted molar refractivity (Wildman–Crippen MR) is 102 cm³/mol. The van der Waals surface area contributed by atoms with E-state index in [1.54, 1.807) is 62.4 Å². The molecule has 0 unspecified atom stereocenters. The number of esters is 2. The van der Waals surface area contributed by atoms with Crippen LogP contribution in [0.5, 0.6) is 0 Å². The molecule has 28 heavy (non-hydrogen) atoms. The van der Waals surface area contributed by atoms with E-state index in [1.165, 1.54) is 12.1 Å². The van der Waals surface area contributed by atoms with Gasteiger partial charge in [0.15, 0.2) is 15.3 Å². The highest BCUT2D eigenvalue weighted by atomic mass is 32.2. The van der Waals surface area contributed by atoms with Crippen molar-refractivity contribution in [3.05, 3.63) is 66.2 Å². The maximum absolute atomic E-state index is 13.4. The number of hydrogen-bond acceptors (Lipinski definition) is 6. The summed E-state index contributed by atoms with van der Waals surface area (Å²) in [5.74, 6) is -2.62. The first-order chi connectivity index (χ1) is 13.4. The molecule has 1 fully saturated rings. The second-order valence-corrected chi connectivity index (χ2v) is 8.55. The largest absolute Gasteiger partial charge is 0.465 e. The van der Waals surface area contributed by atoms with Crippen molar-refractivity contribution in [2.45, 2.75) is 29.9 Å². The van der Waals surface area contributed by atoms with Gasteiger partial charge in [0.2, 0.25) is 0 Å². The Kier molecular flexibility index (Phi) is 5.56. The van der Waals surface area contributed by atoms with Gasteiger partial charge in [-0.2, -0.15) is 0 Å². The lowest BCUT2D eigenvalue weighted by molar-refractivity contribution is -0.164. The Hall–Kier alpha value is -2.67. The fourth-order valence-corrected chi connectivity index (χ4v) is 6.02. The number of hydrogen-bond donors (Lipinski definition) is 0. The lowest BCUT2D eigenvalue weighted by Crippen LogP contribution is -2.35. The van der Waals surface area contributed by atoms with Crippen LogP contribution in [0, 0.1) is 5.41 Å². The van der Waals surface area contributed by atoms with Crippen LogP contribution in [0.2, 0.25) is 0 Å². The standard InChI is InChI=1S/C21H22O6S/c1-3-26-19(22)21(20(23)27-4-2)17(15-11-7-5-8-12-15)18(21)28(24,25)16-13-9-6-10-14-16/h5-14,17-18H,3-4H2,1-2H3/t17-,18+/m0/s1. The molecule has 7 heteroatoms. The highest BCUT2D eigenvalue weighted by Crippen LogP contribution is 2.65. The molecular formula is C21H22O6S. The second kappa shape index (κ2) is 7.75. The fraction of sp³-hybridized carbons (Fsp3) is 0.333. The molecular weight excluding hydrogens is 380 g/mol. The average molecular weight is 402 g/mol. The molecule has 3 rings (SSSR count). The van der Waals surface area contributed by atoms with Gasteiger partial charge in [-0.3, -0.25) is 9.59 Å². The SMILES string of the molecule is CCOC(=O)C1(C(=O)OCC)[C@H](S(=O)(=O)c2ccccc2)[C@@H]1c1ccccc1. The maximum atomic E-state index is 13.4. The van der Waals surface area contributed by atoms with Crippen molar-refractivity contribution in [1.82, 2.24) is 0 Å². The van der Waals surface area contributed by atoms with Crippen LogP contribution in [0.15, 0.2) is 65.6 Å². The van der Waals surface area contributed by atoms with Crippen LogP contribution in [-0.4, -0.2) is 38.8 Å². The first kappa shape index (κ1) is 20.1. The Labute approximate surface area is 164 Å². The molecule has 2 aromatic rings. The topological polar surface area (TPSA) is 86.7 Å². The Morgan fingerprint density at radius 1 is 0.857 bits per heavy atom. The molecule has 0 bridgehead atoms. The number of ether oxygens (including phenoxy) is 2. The molecule has 0 heterocycles. The summed E-state index contributed by atoms with van der Waals surface area (Å²) in [4.78, 5) is 25.9. The predicted octanol–water partition coefficient (Wildman–Crippen LogP) is 2.74. The van der Waals surface area contributed by atoms with Gasteiger partial charge in [-0.05, 0) is 31.5 Å². The van der Waals surface area contributed by atoms with Crippen molar-refractivity contribution in [3.8, 4) is 0 Å². The molecule has 0 amide bonds. The number of benzene rings is 2. The molecule has 0 aromatic heterocycles. The number of carbonyl (C=O) groups excluding carboxylic acids is 2. The monoisotopic (exact) mass is 402 g/mol. The quantitative estimate of drug-likeness (QED) is 0.523. The van der Waals surface area contributed by atoms with Gasteiger partial charge in [0, 0.05) is 5.92 Å². The van der Waals surface area contributed by atoms with Gasteiger partial charge in [-0.1, -0.05) is 48.5 Å². The van der Waals surface area contributed by atoms with Crippen LogP contribution in [0.25, 0.3) is 0 Å². The second-order valence-electron chi connectivity index (χ2n) is 6.48. The molecule has 0 saturated heterocycles. The third kappa shape index (κ3) is 3.09. The minimum atomic E-state index is -4.00. The van der Waals surface area contributed by atoms with Crippen LogP contribution in [0.4, 0.5) is 0 Å². The Morgan fingerprint density at radius 2 is 1.32 bits per heavy atom. The van der Waals surface area contributed by atoms with Crippen LogP contribution in [0.3, 0.4) is 0 Å². The van der Waals surface area contributed by atoms with Crippen LogP contribution in [0.1, 0.15) is 25.3 Å². The molecule has 0 spiro atoms. The van der Waals surface area contributed by atoms with Gasteiger partial charge >= 0.3 is 11.9 Å².